The van der Waals surface area contributed by atoms with Gasteiger partial charge in [-0.05, 0) is 31.5 Å². The lowest BCUT2D eigenvalue weighted by molar-refractivity contribution is 0.0188. The average Bonchev–Trinajstić information content (AvgIpc) is 2.36. The van der Waals surface area contributed by atoms with Crippen LogP contribution in [-0.4, -0.2) is 37.3 Å². The van der Waals surface area contributed by atoms with Gasteiger partial charge in [-0.2, -0.15) is 0 Å². The second-order valence-corrected chi connectivity index (χ2v) is 5.69. The Morgan fingerprint density at radius 2 is 1.47 bits per heavy atom. The van der Waals surface area contributed by atoms with E-state index in [1.807, 2.05) is 26.0 Å². The van der Waals surface area contributed by atoms with Crippen molar-refractivity contribution in [3.63, 3.8) is 0 Å². The van der Waals surface area contributed by atoms with Crippen molar-refractivity contribution in [1.82, 2.24) is 0 Å². The molecule has 1 unspecified atom stereocenters. The third-order valence-electron chi connectivity index (χ3n) is 2.95. The highest BCUT2D eigenvalue weighted by atomic mass is 32.2. The SMILES string of the molecule is COc1cc(C(C)(C)OC)cc(OC)c1S(C)=O.O. The van der Waals surface area contributed by atoms with E-state index in [1.165, 1.54) is 0 Å². The van der Waals surface area contributed by atoms with Crippen LogP contribution in [0, 0.1) is 0 Å². The number of hydrogen-bond acceptors (Lipinski definition) is 4. The monoisotopic (exact) mass is 290 g/mol. The molecule has 0 heterocycles. The Labute approximate surface area is 116 Å². The van der Waals surface area contributed by atoms with Crippen LogP contribution in [-0.2, 0) is 21.1 Å². The third kappa shape index (κ3) is 3.68. The van der Waals surface area contributed by atoms with Gasteiger partial charge in [0.1, 0.15) is 16.4 Å². The summed E-state index contributed by atoms with van der Waals surface area (Å²) in [6.07, 6.45) is 1.60. The molecular weight excluding hydrogens is 268 g/mol. The molecule has 0 radical (unpaired) electrons. The van der Waals surface area contributed by atoms with Crippen molar-refractivity contribution in [2.75, 3.05) is 27.6 Å². The Hall–Kier alpha value is -1.11. The molecule has 1 aromatic rings. The average molecular weight is 290 g/mol. The summed E-state index contributed by atoms with van der Waals surface area (Å²) >= 11 is 0. The second kappa shape index (κ2) is 6.88. The fourth-order valence-electron chi connectivity index (χ4n) is 1.63. The first-order valence-corrected chi connectivity index (χ1v) is 7.08. The molecule has 0 saturated heterocycles. The lowest BCUT2D eigenvalue weighted by Gasteiger charge is -2.25. The van der Waals surface area contributed by atoms with Gasteiger partial charge in [0.25, 0.3) is 0 Å². The number of benzene rings is 1. The quantitative estimate of drug-likeness (QED) is 0.823. The zero-order chi connectivity index (χ0) is 13.9. The normalized spacial score (nSPS) is 12.5. The fourth-order valence-corrected chi connectivity index (χ4v) is 2.48. The summed E-state index contributed by atoms with van der Waals surface area (Å²) in [4.78, 5) is 0.565. The second-order valence-electron chi connectivity index (χ2n) is 4.38. The number of ether oxygens (including phenoxy) is 3. The van der Waals surface area contributed by atoms with Crippen molar-refractivity contribution in [2.24, 2.45) is 0 Å². The van der Waals surface area contributed by atoms with E-state index in [1.54, 1.807) is 27.6 Å². The summed E-state index contributed by atoms with van der Waals surface area (Å²) in [5.74, 6) is 1.10. The Balaban J connectivity index is 0.00000324. The van der Waals surface area contributed by atoms with E-state index in [2.05, 4.69) is 0 Å². The van der Waals surface area contributed by atoms with E-state index >= 15 is 0 Å². The summed E-state index contributed by atoms with van der Waals surface area (Å²) in [6, 6.07) is 3.67. The number of rotatable bonds is 5. The van der Waals surface area contributed by atoms with Gasteiger partial charge in [-0.3, -0.25) is 4.21 Å². The van der Waals surface area contributed by atoms with Gasteiger partial charge in [0, 0.05) is 13.4 Å². The zero-order valence-electron chi connectivity index (χ0n) is 12.2. The van der Waals surface area contributed by atoms with Crippen LogP contribution in [0.4, 0.5) is 0 Å². The molecule has 1 aromatic carbocycles. The molecule has 110 valence electrons. The van der Waals surface area contributed by atoms with Crippen LogP contribution in [0.3, 0.4) is 0 Å². The number of methoxy groups -OCH3 is 3. The first-order chi connectivity index (χ1) is 8.37. The number of hydrogen-bond donors (Lipinski definition) is 0. The molecule has 6 heteroatoms. The van der Waals surface area contributed by atoms with Gasteiger partial charge < -0.3 is 19.7 Å². The van der Waals surface area contributed by atoms with Crippen LogP contribution in [0.15, 0.2) is 17.0 Å². The van der Waals surface area contributed by atoms with E-state index in [0.717, 1.165) is 5.56 Å². The van der Waals surface area contributed by atoms with Crippen molar-refractivity contribution in [2.45, 2.75) is 24.3 Å². The van der Waals surface area contributed by atoms with E-state index in [9.17, 15) is 4.21 Å². The van der Waals surface area contributed by atoms with Gasteiger partial charge in [0.15, 0.2) is 0 Å². The first kappa shape index (κ1) is 17.9. The molecule has 1 atom stereocenters. The van der Waals surface area contributed by atoms with Crippen molar-refractivity contribution >= 4 is 10.8 Å². The summed E-state index contributed by atoms with van der Waals surface area (Å²) in [7, 11) is 3.56. The van der Waals surface area contributed by atoms with Gasteiger partial charge >= 0.3 is 0 Å². The van der Waals surface area contributed by atoms with Crippen LogP contribution < -0.4 is 9.47 Å². The predicted octanol–water partition coefficient (Wildman–Crippen LogP) is 1.50. The maximum atomic E-state index is 11.8. The topological polar surface area (TPSA) is 76.3 Å². The Morgan fingerprint density at radius 1 is 1.05 bits per heavy atom. The highest BCUT2D eigenvalue weighted by Gasteiger charge is 2.24. The lowest BCUT2D eigenvalue weighted by Crippen LogP contribution is -2.20. The Morgan fingerprint density at radius 3 is 1.74 bits per heavy atom. The van der Waals surface area contributed by atoms with Crippen LogP contribution in [0.25, 0.3) is 0 Å². The Kier molecular flexibility index (Phi) is 6.48. The summed E-state index contributed by atoms with van der Waals surface area (Å²) in [6.45, 7) is 3.90. The molecule has 0 aromatic heterocycles. The van der Waals surface area contributed by atoms with Crippen molar-refractivity contribution < 1.29 is 23.9 Å². The zero-order valence-corrected chi connectivity index (χ0v) is 13.0. The smallest absolute Gasteiger partial charge is 0.139 e. The van der Waals surface area contributed by atoms with Crippen molar-refractivity contribution in [3.05, 3.63) is 17.7 Å². The van der Waals surface area contributed by atoms with Crippen LogP contribution in [0.5, 0.6) is 11.5 Å². The first-order valence-electron chi connectivity index (χ1n) is 5.52. The summed E-state index contributed by atoms with van der Waals surface area (Å²) in [5.41, 5.74) is 0.446. The third-order valence-corrected chi connectivity index (χ3v) is 3.93. The fraction of sp³-hybridized carbons (Fsp3) is 0.538. The molecule has 0 aliphatic carbocycles. The molecule has 19 heavy (non-hydrogen) atoms. The highest BCUT2D eigenvalue weighted by Crippen LogP contribution is 2.37. The Bertz CT molecular complexity index is 431. The molecule has 2 N–H and O–H groups in total. The van der Waals surface area contributed by atoms with Crippen molar-refractivity contribution in [1.29, 1.82) is 0 Å². The molecule has 1 rings (SSSR count). The predicted molar refractivity (Wildman–Crippen MR) is 75.5 cm³/mol. The van der Waals surface area contributed by atoms with Crippen LogP contribution in [0.2, 0.25) is 0 Å². The van der Waals surface area contributed by atoms with Gasteiger partial charge in [0.2, 0.25) is 0 Å². The molecule has 0 spiro atoms. The minimum absolute atomic E-state index is 0. The van der Waals surface area contributed by atoms with E-state index in [4.69, 9.17) is 14.2 Å². The van der Waals surface area contributed by atoms with Gasteiger partial charge in [-0.1, -0.05) is 0 Å². The largest absolute Gasteiger partial charge is 0.495 e. The minimum atomic E-state index is -1.18. The molecule has 0 fully saturated rings. The van der Waals surface area contributed by atoms with Crippen LogP contribution in [0.1, 0.15) is 19.4 Å². The maximum absolute atomic E-state index is 11.8. The van der Waals surface area contributed by atoms with E-state index < -0.39 is 16.4 Å². The van der Waals surface area contributed by atoms with E-state index in [0.29, 0.717) is 16.4 Å². The lowest BCUT2D eigenvalue weighted by atomic mass is 9.97. The van der Waals surface area contributed by atoms with Crippen molar-refractivity contribution in [3.8, 4) is 11.5 Å². The molecule has 5 nitrogen and oxygen atoms in total. The standard InChI is InChI=1S/C13H20O4S.H2O/c1-13(2,17-5)9-7-10(15-3)12(18(6)14)11(8-9)16-4;/h7-8H,1-6H3;1H2. The molecule has 0 amide bonds. The molecule has 0 aliphatic rings. The minimum Gasteiger partial charge on any atom is -0.495 e. The maximum Gasteiger partial charge on any atom is 0.139 e. The molecular formula is C13H22O5S. The summed E-state index contributed by atoms with van der Waals surface area (Å²) in [5, 5.41) is 0. The van der Waals surface area contributed by atoms with Gasteiger partial charge in [0.05, 0.1) is 30.6 Å². The van der Waals surface area contributed by atoms with Gasteiger partial charge in [-0.15, -0.1) is 0 Å². The van der Waals surface area contributed by atoms with E-state index in [-0.39, 0.29) is 5.48 Å². The highest BCUT2D eigenvalue weighted by molar-refractivity contribution is 7.84. The molecule has 0 aliphatic heterocycles. The summed E-state index contributed by atoms with van der Waals surface area (Å²) < 4.78 is 27.8. The van der Waals surface area contributed by atoms with Gasteiger partial charge in [-0.25, -0.2) is 0 Å². The van der Waals surface area contributed by atoms with Crippen LogP contribution >= 0.6 is 0 Å². The molecule has 0 bridgehead atoms. The molecule has 0 saturated carbocycles.